The van der Waals surface area contributed by atoms with Gasteiger partial charge in [-0.1, -0.05) is 51.4 Å². The van der Waals surface area contributed by atoms with Crippen LogP contribution in [0.4, 0.5) is 0 Å². The molecule has 4 aliphatic rings. The smallest absolute Gasteiger partial charge is 0.339 e. The highest BCUT2D eigenvalue weighted by Crippen LogP contribution is 2.29. The van der Waals surface area contributed by atoms with Gasteiger partial charge in [-0.05, 0) is 100 Å². The molecule has 0 bridgehead atoms. The van der Waals surface area contributed by atoms with Gasteiger partial charge in [0, 0.05) is 0 Å². The Labute approximate surface area is 250 Å². The molecule has 0 aromatic heterocycles. The summed E-state index contributed by atoms with van der Waals surface area (Å²) in [6.45, 7) is 0.251. The average molecular weight is 587 g/mol. The Hall–Kier alpha value is -2.00. The van der Waals surface area contributed by atoms with Gasteiger partial charge in [0.2, 0.25) is 0 Å². The summed E-state index contributed by atoms with van der Waals surface area (Å²) in [6.07, 6.45) is 20.7. The van der Waals surface area contributed by atoms with Crippen molar-refractivity contribution in [3.05, 3.63) is 34.4 Å². The van der Waals surface area contributed by atoms with E-state index in [0.29, 0.717) is 11.1 Å². The lowest BCUT2D eigenvalue weighted by Gasteiger charge is -2.25. The zero-order chi connectivity index (χ0) is 29.0. The topological polar surface area (TPSA) is 89.5 Å². The van der Waals surface area contributed by atoms with E-state index in [2.05, 4.69) is 0 Å². The summed E-state index contributed by atoms with van der Waals surface area (Å²) in [5.74, 6) is -0.976. The molecule has 234 valence electrons. The van der Waals surface area contributed by atoms with E-state index in [4.69, 9.17) is 29.0 Å². The van der Waals surface area contributed by atoms with E-state index in [9.17, 15) is 9.59 Å². The predicted octanol–water partition coefficient (Wildman–Crippen LogP) is 8.23. The number of carbonyl (C=O) groups is 2. The van der Waals surface area contributed by atoms with Gasteiger partial charge in [0.05, 0.1) is 23.3 Å². The fourth-order valence-corrected chi connectivity index (χ4v) is 6.80. The maximum absolute atomic E-state index is 13.6. The molecule has 1 aromatic rings. The Bertz CT molecular complexity index is 907. The molecule has 0 saturated heterocycles. The summed E-state index contributed by atoms with van der Waals surface area (Å²) in [5.41, 5.74) is 1.86. The van der Waals surface area contributed by atoms with Crippen LogP contribution < -0.4 is 0 Å². The van der Waals surface area contributed by atoms with Crippen LogP contribution in [-0.2, 0) is 42.2 Å². The van der Waals surface area contributed by atoms with Gasteiger partial charge in [-0.15, -0.1) is 0 Å². The molecule has 1 aromatic carbocycles. The number of hydrogen-bond acceptors (Lipinski definition) is 8. The van der Waals surface area contributed by atoms with E-state index >= 15 is 0 Å². The molecular formula is C34H50O8. The quantitative estimate of drug-likeness (QED) is 0.137. The summed E-state index contributed by atoms with van der Waals surface area (Å²) < 4.78 is 11.9. The minimum Gasteiger partial charge on any atom is -0.459 e. The molecule has 8 heteroatoms. The van der Waals surface area contributed by atoms with Crippen molar-refractivity contribution in [2.45, 2.75) is 166 Å². The van der Waals surface area contributed by atoms with Gasteiger partial charge in [-0.2, -0.15) is 0 Å². The summed E-state index contributed by atoms with van der Waals surface area (Å²) in [5, 5.41) is 0. The Morgan fingerprint density at radius 2 is 0.786 bits per heavy atom. The molecule has 42 heavy (non-hydrogen) atoms. The molecule has 0 atom stereocenters. The van der Waals surface area contributed by atoms with Crippen molar-refractivity contribution in [1.29, 1.82) is 0 Å². The lowest BCUT2D eigenvalue weighted by Crippen LogP contribution is -2.25. The first-order chi connectivity index (χ1) is 20.7. The summed E-state index contributed by atoms with van der Waals surface area (Å²) >= 11 is 0. The molecular weight excluding hydrogens is 536 g/mol. The van der Waals surface area contributed by atoms with Crippen LogP contribution in [-0.4, -0.2) is 36.4 Å². The summed E-state index contributed by atoms with van der Waals surface area (Å²) in [6, 6.07) is 3.43. The van der Waals surface area contributed by atoms with Crippen LogP contribution >= 0.6 is 0 Å². The summed E-state index contributed by atoms with van der Waals surface area (Å²) in [7, 11) is 0. The monoisotopic (exact) mass is 586 g/mol. The van der Waals surface area contributed by atoms with Crippen LogP contribution in [0.25, 0.3) is 0 Å². The molecule has 0 N–H and O–H groups in total. The molecule has 0 amide bonds. The molecule has 4 aliphatic carbocycles. The number of ether oxygens (including phenoxy) is 2. The lowest BCUT2D eigenvalue weighted by atomic mass is 9.96. The number of esters is 2. The van der Waals surface area contributed by atoms with Gasteiger partial charge >= 0.3 is 11.9 Å². The Kier molecular flexibility index (Phi) is 12.5. The minimum atomic E-state index is -0.488. The second-order valence-corrected chi connectivity index (χ2v) is 12.7. The van der Waals surface area contributed by atoms with Crippen LogP contribution in [0, 0.1) is 0 Å². The third-order valence-electron chi connectivity index (χ3n) is 9.37. The molecule has 8 nitrogen and oxygen atoms in total. The average Bonchev–Trinajstić information content (AvgIpc) is 3.03. The minimum absolute atomic E-state index is 0.0774. The third kappa shape index (κ3) is 9.50. The lowest BCUT2D eigenvalue weighted by molar-refractivity contribution is -0.340. The molecule has 5 rings (SSSR count). The number of rotatable bonds is 12. The van der Waals surface area contributed by atoms with Crippen LogP contribution in [0.5, 0.6) is 0 Å². The number of benzene rings is 1. The van der Waals surface area contributed by atoms with Gasteiger partial charge in [-0.25, -0.2) is 29.1 Å². The van der Waals surface area contributed by atoms with E-state index in [-0.39, 0.29) is 48.8 Å². The van der Waals surface area contributed by atoms with E-state index in [1.165, 1.54) is 12.8 Å². The fourth-order valence-electron chi connectivity index (χ4n) is 6.80. The second kappa shape index (κ2) is 16.7. The van der Waals surface area contributed by atoms with Gasteiger partial charge in [-0.3, -0.25) is 0 Å². The molecule has 0 spiro atoms. The predicted molar refractivity (Wildman–Crippen MR) is 157 cm³/mol. The van der Waals surface area contributed by atoms with E-state index in [0.717, 1.165) is 116 Å². The van der Waals surface area contributed by atoms with Crippen LogP contribution in [0.3, 0.4) is 0 Å². The summed E-state index contributed by atoms with van der Waals surface area (Å²) in [4.78, 5) is 50.2. The molecule has 4 fully saturated rings. The van der Waals surface area contributed by atoms with Crippen molar-refractivity contribution < 1.29 is 38.6 Å². The third-order valence-corrected chi connectivity index (χ3v) is 9.37. The zero-order valence-electron chi connectivity index (χ0n) is 25.3. The first-order valence-corrected chi connectivity index (χ1v) is 16.8. The van der Waals surface area contributed by atoms with Crippen molar-refractivity contribution in [3.63, 3.8) is 0 Å². The van der Waals surface area contributed by atoms with Crippen LogP contribution in [0.15, 0.2) is 12.1 Å². The van der Waals surface area contributed by atoms with Gasteiger partial charge < -0.3 is 9.47 Å². The number of carbonyl (C=O) groups excluding carboxylic acids is 2. The molecule has 0 heterocycles. The fraction of sp³-hybridized carbons (Fsp3) is 0.765. The van der Waals surface area contributed by atoms with Gasteiger partial charge in [0.15, 0.2) is 0 Å². The highest BCUT2D eigenvalue weighted by Gasteiger charge is 2.28. The largest absolute Gasteiger partial charge is 0.459 e. The SMILES string of the molecule is O=C(OC1CCCCC1)c1cc(COOC2CCCCC2)c(COOC2CCCCC2)cc1C(=O)OC1CCCCC1. The van der Waals surface area contributed by atoms with Crippen molar-refractivity contribution in [2.75, 3.05) is 0 Å². The Morgan fingerprint density at radius 3 is 1.12 bits per heavy atom. The molecule has 4 saturated carbocycles. The first-order valence-electron chi connectivity index (χ1n) is 16.8. The van der Waals surface area contributed by atoms with E-state index < -0.39 is 11.9 Å². The van der Waals surface area contributed by atoms with Crippen molar-refractivity contribution in [2.24, 2.45) is 0 Å². The number of hydrogen-bond donors (Lipinski definition) is 0. The highest BCUT2D eigenvalue weighted by atomic mass is 17.2. The molecule has 0 unspecified atom stereocenters. The van der Waals surface area contributed by atoms with Crippen LogP contribution in [0.1, 0.15) is 160 Å². The van der Waals surface area contributed by atoms with Crippen LogP contribution in [0.2, 0.25) is 0 Å². The maximum Gasteiger partial charge on any atom is 0.339 e. The van der Waals surface area contributed by atoms with Gasteiger partial charge in [0.25, 0.3) is 0 Å². The van der Waals surface area contributed by atoms with Gasteiger partial charge in [0.1, 0.15) is 25.4 Å². The standard InChI is InChI=1S/C34H50O8/c35-33(39-27-13-5-1-6-14-27)31-21-25(23-37-41-29-17-9-3-10-18-29)26(24-38-42-30-19-11-4-12-20-30)22-32(31)34(36)40-28-15-7-2-8-16-28/h21-22,27-30H,1-20,23-24H2. The normalized spacial score (nSPS) is 21.7. The van der Waals surface area contributed by atoms with E-state index in [1.807, 2.05) is 0 Å². The zero-order valence-corrected chi connectivity index (χ0v) is 25.3. The Morgan fingerprint density at radius 1 is 0.476 bits per heavy atom. The first kappa shape index (κ1) is 31.4. The molecule has 0 radical (unpaired) electrons. The maximum atomic E-state index is 13.6. The van der Waals surface area contributed by atoms with Crippen molar-refractivity contribution in [3.8, 4) is 0 Å². The molecule has 0 aliphatic heterocycles. The second-order valence-electron chi connectivity index (χ2n) is 12.7. The highest BCUT2D eigenvalue weighted by molar-refractivity contribution is 6.03. The Balaban J connectivity index is 1.36. The van der Waals surface area contributed by atoms with E-state index in [1.54, 1.807) is 12.1 Å². The van der Waals surface area contributed by atoms with Crippen molar-refractivity contribution >= 4 is 11.9 Å². The van der Waals surface area contributed by atoms with Crippen molar-refractivity contribution in [1.82, 2.24) is 0 Å².